The molecule has 0 aromatic carbocycles. The Bertz CT molecular complexity index is 243. The van der Waals surface area contributed by atoms with Crippen molar-refractivity contribution in [3.05, 3.63) is 12.7 Å². The van der Waals surface area contributed by atoms with Gasteiger partial charge in [0.15, 0.2) is 0 Å². The summed E-state index contributed by atoms with van der Waals surface area (Å²) in [6.45, 7) is 8.48. The van der Waals surface area contributed by atoms with E-state index in [0.717, 1.165) is 18.8 Å². The molecule has 0 aromatic rings. The molecule has 0 aliphatic rings. The van der Waals surface area contributed by atoms with Crippen molar-refractivity contribution in [3.8, 4) is 0 Å². The van der Waals surface area contributed by atoms with Gasteiger partial charge >= 0.3 is 5.97 Å². The summed E-state index contributed by atoms with van der Waals surface area (Å²) >= 11 is 0. The van der Waals surface area contributed by atoms with Crippen LogP contribution in [0.1, 0.15) is 58.8 Å². The number of carbonyl (C=O) groups is 1. The maximum absolute atomic E-state index is 10.8. The molecule has 0 fully saturated rings. The molecule has 0 atom stereocenters. The van der Waals surface area contributed by atoms with Gasteiger partial charge in [-0.15, -0.1) is 0 Å². The van der Waals surface area contributed by atoms with E-state index in [-0.39, 0.29) is 5.97 Å². The third-order valence-electron chi connectivity index (χ3n) is 2.88. The van der Waals surface area contributed by atoms with Crippen molar-refractivity contribution in [1.82, 2.24) is 0 Å². The lowest BCUT2D eigenvalue weighted by Crippen LogP contribution is -2.01. The molecule has 0 aliphatic carbocycles. The van der Waals surface area contributed by atoms with Crippen LogP contribution < -0.4 is 0 Å². The van der Waals surface area contributed by atoms with E-state index >= 15 is 0 Å². The van der Waals surface area contributed by atoms with Gasteiger partial charge in [-0.3, -0.25) is 0 Å². The molecular formula is C16H30O2S2. The highest BCUT2D eigenvalue weighted by atomic mass is 33.1. The zero-order valence-electron chi connectivity index (χ0n) is 13.1. The van der Waals surface area contributed by atoms with Crippen molar-refractivity contribution in [2.24, 2.45) is 5.92 Å². The van der Waals surface area contributed by atoms with Crippen LogP contribution in [0, 0.1) is 5.92 Å². The summed E-state index contributed by atoms with van der Waals surface area (Å²) in [5.41, 5.74) is 0. The van der Waals surface area contributed by atoms with Gasteiger partial charge < -0.3 is 4.74 Å². The Morgan fingerprint density at radius 2 is 1.65 bits per heavy atom. The molecule has 20 heavy (non-hydrogen) atoms. The van der Waals surface area contributed by atoms with Crippen LogP contribution in [0.3, 0.4) is 0 Å². The quantitative estimate of drug-likeness (QED) is 0.183. The van der Waals surface area contributed by atoms with Gasteiger partial charge in [0.1, 0.15) is 0 Å². The molecule has 0 aromatic heterocycles. The minimum atomic E-state index is -0.311. The van der Waals surface area contributed by atoms with Crippen LogP contribution in [0.5, 0.6) is 0 Å². The van der Waals surface area contributed by atoms with Gasteiger partial charge in [-0.2, -0.15) is 0 Å². The molecule has 0 saturated carbocycles. The van der Waals surface area contributed by atoms with E-state index in [1.54, 1.807) is 0 Å². The van der Waals surface area contributed by atoms with Gasteiger partial charge in [0.25, 0.3) is 0 Å². The second-order valence-corrected chi connectivity index (χ2v) is 8.02. The van der Waals surface area contributed by atoms with Crippen LogP contribution in [0.4, 0.5) is 0 Å². The Morgan fingerprint density at radius 1 is 1.05 bits per heavy atom. The lowest BCUT2D eigenvalue weighted by molar-refractivity contribution is -0.137. The summed E-state index contributed by atoms with van der Waals surface area (Å²) < 4.78 is 4.92. The largest absolute Gasteiger partial charge is 0.463 e. The predicted octanol–water partition coefficient (Wildman–Crippen LogP) is 5.48. The highest BCUT2D eigenvalue weighted by Gasteiger charge is 1.97. The van der Waals surface area contributed by atoms with E-state index in [1.807, 2.05) is 21.6 Å². The van der Waals surface area contributed by atoms with Crippen molar-refractivity contribution in [2.75, 3.05) is 18.1 Å². The fraction of sp³-hybridized carbons (Fsp3) is 0.812. The highest BCUT2D eigenvalue weighted by Crippen LogP contribution is 2.24. The fourth-order valence-electron chi connectivity index (χ4n) is 1.68. The summed E-state index contributed by atoms with van der Waals surface area (Å²) in [6, 6.07) is 0. The van der Waals surface area contributed by atoms with Crippen LogP contribution in [0.2, 0.25) is 0 Å². The first-order valence-electron chi connectivity index (χ1n) is 7.70. The summed E-state index contributed by atoms with van der Waals surface area (Å²) in [6.07, 6.45) is 9.90. The van der Waals surface area contributed by atoms with Crippen molar-refractivity contribution in [1.29, 1.82) is 0 Å². The average molecular weight is 319 g/mol. The van der Waals surface area contributed by atoms with Gasteiger partial charge in [-0.1, -0.05) is 67.7 Å². The number of carbonyl (C=O) groups excluding carboxylic acids is 1. The van der Waals surface area contributed by atoms with Gasteiger partial charge in [-0.05, 0) is 25.2 Å². The Kier molecular flexibility index (Phi) is 15.2. The highest BCUT2D eigenvalue weighted by molar-refractivity contribution is 8.76. The van der Waals surface area contributed by atoms with E-state index in [1.165, 1.54) is 49.7 Å². The van der Waals surface area contributed by atoms with Crippen molar-refractivity contribution < 1.29 is 9.53 Å². The minimum absolute atomic E-state index is 0.311. The van der Waals surface area contributed by atoms with Crippen molar-refractivity contribution in [3.63, 3.8) is 0 Å². The lowest BCUT2D eigenvalue weighted by Gasteiger charge is -2.04. The molecule has 0 radical (unpaired) electrons. The number of rotatable bonds is 14. The molecule has 0 saturated heterocycles. The van der Waals surface area contributed by atoms with Crippen LogP contribution >= 0.6 is 21.6 Å². The molecule has 0 N–H and O–H groups in total. The minimum Gasteiger partial charge on any atom is -0.463 e. The molecule has 4 heteroatoms. The smallest absolute Gasteiger partial charge is 0.330 e. The van der Waals surface area contributed by atoms with Crippen molar-refractivity contribution >= 4 is 27.6 Å². The monoisotopic (exact) mass is 318 g/mol. The van der Waals surface area contributed by atoms with Gasteiger partial charge in [0.05, 0.1) is 6.61 Å². The SMILES string of the molecule is C=CC(=O)OCCCCCCSSCCCCC(C)C. The Hall–Kier alpha value is -0.0900. The van der Waals surface area contributed by atoms with E-state index in [2.05, 4.69) is 20.4 Å². The lowest BCUT2D eigenvalue weighted by atomic mass is 10.1. The number of ether oxygens (including phenoxy) is 1. The molecule has 0 heterocycles. The van der Waals surface area contributed by atoms with Crippen LogP contribution in [-0.2, 0) is 9.53 Å². The first-order chi connectivity index (χ1) is 9.66. The third kappa shape index (κ3) is 16.0. The van der Waals surface area contributed by atoms with E-state index in [4.69, 9.17) is 4.74 Å². The van der Waals surface area contributed by atoms with Gasteiger partial charge in [-0.25, -0.2) is 4.79 Å². The number of hydrogen-bond donors (Lipinski definition) is 0. The van der Waals surface area contributed by atoms with E-state index in [0.29, 0.717) is 6.61 Å². The fourth-order valence-corrected chi connectivity index (χ4v) is 3.97. The van der Waals surface area contributed by atoms with Gasteiger partial charge in [0, 0.05) is 17.6 Å². The first kappa shape index (κ1) is 19.9. The predicted molar refractivity (Wildman–Crippen MR) is 93.2 cm³/mol. The Morgan fingerprint density at radius 3 is 2.25 bits per heavy atom. The second-order valence-electron chi connectivity index (χ2n) is 5.32. The van der Waals surface area contributed by atoms with E-state index < -0.39 is 0 Å². The zero-order chi connectivity index (χ0) is 15.1. The molecule has 118 valence electrons. The number of hydrogen-bond acceptors (Lipinski definition) is 4. The molecule has 0 aliphatic heterocycles. The summed E-state index contributed by atoms with van der Waals surface area (Å²) in [7, 11) is 4.02. The topological polar surface area (TPSA) is 26.3 Å². The standard InChI is InChI=1S/C16H30O2S2/c1-4-16(17)18-12-8-5-6-9-13-19-20-14-10-7-11-15(2)3/h4,15H,1,5-14H2,2-3H3. The molecule has 0 spiro atoms. The zero-order valence-corrected chi connectivity index (χ0v) is 14.7. The van der Waals surface area contributed by atoms with Gasteiger partial charge in [0.2, 0.25) is 0 Å². The van der Waals surface area contributed by atoms with Crippen LogP contribution in [-0.4, -0.2) is 24.1 Å². The summed E-state index contributed by atoms with van der Waals surface area (Å²) in [4.78, 5) is 10.8. The first-order valence-corrected chi connectivity index (χ1v) is 10.2. The van der Waals surface area contributed by atoms with Crippen LogP contribution in [0.25, 0.3) is 0 Å². The molecule has 0 amide bonds. The average Bonchev–Trinajstić information content (AvgIpc) is 2.43. The molecule has 0 rings (SSSR count). The molecular weight excluding hydrogens is 288 g/mol. The Balaban J connectivity index is 3.03. The Labute approximate surface area is 132 Å². The number of unbranched alkanes of at least 4 members (excludes halogenated alkanes) is 4. The van der Waals surface area contributed by atoms with E-state index in [9.17, 15) is 4.79 Å². The second kappa shape index (κ2) is 15.3. The summed E-state index contributed by atoms with van der Waals surface area (Å²) in [5.74, 6) is 3.06. The maximum Gasteiger partial charge on any atom is 0.330 e. The maximum atomic E-state index is 10.8. The normalized spacial score (nSPS) is 10.8. The molecule has 2 nitrogen and oxygen atoms in total. The van der Waals surface area contributed by atoms with Crippen molar-refractivity contribution in [2.45, 2.75) is 58.8 Å². The third-order valence-corrected chi connectivity index (χ3v) is 5.45. The summed E-state index contributed by atoms with van der Waals surface area (Å²) in [5, 5.41) is 0. The molecule has 0 unspecified atom stereocenters. The number of esters is 1. The van der Waals surface area contributed by atoms with Crippen LogP contribution in [0.15, 0.2) is 12.7 Å². The molecule has 0 bridgehead atoms.